The molecule has 0 radical (unpaired) electrons. The number of aromatic nitrogens is 2. The summed E-state index contributed by atoms with van der Waals surface area (Å²) in [6, 6.07) is 16.0. The molecule has 4 rings (SSSR count). The van der Waals surface area contributed by atoms with Gasteiger partial charge in [0.1, 0.15) is 0 Å². The molecule has 1 atom stereocenters. The third-order valence-corrected chi connectivity index (χ3v) is 5.65. The van der Waals surface area contributed by atoms with Crippen molar-refractivity contribution in [1.29, 1.82) is 0 Å². The Labute approximate surface area is 182 Å². The summed E-state index contributed by atoms with van der Waals surface area (Å²) in [6.45, 7) is 1.50. The summed E-state index contributed by atoms with van der Waals surface area (Å²) < 4.78 is 0. The van der Waals surface area contributed by atoms with Crippen molar-refractivity contribution < 1.29 is 9.59 Å². The fourth-order valence-corrected chi connectivity index (χ4v) is 3.89. The van der Waals surface area contributed by atoms with Crippen molar-refractivity contribution in [2.75, 3.05) is 19.6 Å². The summed E-state index contributed by atoms with van der Waals surface area (Å²) in [5, 5.41) is 2.96. The molecule has 1 saturated heterocycles. The number of hydrogen-bond acceptors (Lipinski definition) is 4. The van der Waals surface area contributed by atoms with Crippen LogP contribution in [0.1, 0.15) is 17.5 Å². The highest BCUT2D eigenvalue weighted by Gasteiger charge is 2.27. The SMILES string of the molecule is O=C1NCCN(C(=O)CCc2ccncc2)C[C@@H]1Cc1ccc(-c2cccnc2)cc1. The van der Waals surface area contributed by atoms with Gasteiger partial charge >= 0.3 is 0 Å². The molecule has 3 heterocycles. The van der Waals surface area contributed by atoms with Gasteiger partial charge in [0.05, 0.1) is 5.92 Å². The molecule has 2 amide bonds. The fraction of sp³-hybridized carbons (Fsp3) is 0.280. The van der Waals surface area contributed by atoms with Crippen molar-refractivity contribution in [2.24, 2.45) is 5.92 Å². The van der Waals surface area contributed by atoms with Crippen LogP contribution < -0.4 is 5.32 Å². The first-order chi connectivity index (χ1) is 15.2. The first kappa shape index (κ1) is 20.7. The zero-order valence-electron chi connectivity index (χ0n) is 17.4. The first-order valence-corrected chi connectivity index (χ1v) is 10.6. The highest BCUT2D eigenvalue weighted by molar-refractivity contribution is 5.82. The van der Waals surface area contributed by atoms with Crippen LogP contribution in [0.25, 0.3) is 11.1 Å². The third kappa shape index (κ3) is 5.54. The number of amides is 2. The second kappa shape index (κ2) is 9.98. The number of rotatable bonds is 6. The molecule has 158 valence electrons. The van der Waals surface area contributed by atoms with E-state index in [0.717, 1.165) is 22.3 Å². The summed E-state index contributed by atoms with van der Waals surface area (Å²) >= 11 is 0. The molecule has 1 aliphatic rings. The van der Waals surface area contributed by atoms with Crippen LogP contribution in [0.4, 0.5) is 0 Å². The summed E-state index contributed by atoms with van der Waals surface area (Å²) in [7, 11) is 0. The molecule has 6 heteroatoms. The van der Waals surface area contributed by atoms with Crippen LogP contribution in [-0.4, -0.2) is 46.3 Å². The first-order valence-electron chi connectivity index (χ1n) is 10.6. The van der Waals surface area contributed by atoms with Gasteiger partial charge in [0.25, 0.3) is 0 Å². The van der Waals surface area contributed by atoms with Crippen molar-refractivity contribution in [3.05, 3.63) is 84.4 Å². The van der Waals surface area contributed by atoms with Crippen LogP contribution in [0, 0.1) is 5.92 Å². The van der Waals surface area contributed by atoms with Crippen molar-refractivity contribution in [2.45, 2.75) is 19.3 Å². The van der Waals surface area contributed by atoms with Gasteiger partial charge in [-0.2, -0.15) is 0 Å². The van der Waals surface area contributed by atoms with Gasteiger partial charge in [-0.1, -0.05) is 30.3 Å². The largest absolute Gasteiger partial charge is 0.354 e. The van der Waals surface area contributed by atoms with E-state index in [1.165, 1.54) is 0 Å². The number of carbonyl (C=O) groups is 2. The summed E-state index contributed by atoms with van der Waals surface area (Å²) in [5.41, 5.74) is 4.33. The normalized spacial score (nSPS) is 16.5. The zero-order chi connectivity index (χ0) is 21.5. The molecular weight excluding hydrogens is 388 g/mol. The molecule has 1 N–H and O–H groups in total. The molecule has 1 aromatic carbocycles. The van der Waals surface area contributed by atoms with Crippen molar-refractivity contribution >= 4 is 11.8 Å². The lowest BCUT2D eigenvalue weighted by atomic mass is 9.96. The minimum atomic E-state index is -0.253. The Kier molecular flexibility index (Phi) is 6.67. The number of pyridine rings is 2. The molecule has 0 saturated carbocycles. The van der Waals surface area contributed by atoms with Crippen LogP contribution in [0.15, 0.2) is 73.3 Å². The highest BCUT2D eigenvalue weighted by atomic mass is 16.2. The lowest BCUT2D eigenvalue weighted by Crippen LogP contribution is -2.37. The maximum atomic E-state index is 12.8. The van der Waals surface area contributed by atoms with Crippen LogP contribution in [0.2, 0.25) is 0 Å². The van der Waals surface area contributed by atoms with E-state index in [-0.39, 0.29) is 17.7 Å². The van der Waals surface area contributed by atoms with Gasteiger partial charge < -0.3 is 10.2 Å². The van der Waals surface area contributed by atoms with E-state index < -0.39 is 0 Å². The number of benzene rings is 1. The maximum Gasteiger partial charge on any atom is 0.225 e. The Morgan fingerprint density at radius 3 is 2.52 bits per heavy atom. The topological polar surface area (TPSA) is 75.2 Å². The van der Waals surface area contributed by atoms with Crippen LogP contribution in [0.3, 0.4) is 0 Å². The number of carbonyl (C=O) groups excluding carboxylic acids is 2. The van der Waals surface area contributed by atoms with E-state index in [0.29, 0.717) is 38.9 Å². The molecular formula is C25H26N4O2. The Bertz CT molecular complexity index is 1010. The Balaban J connectivity index is 1.38. The van der Waals surface area contributed by atoms with Crippen molar-refractivity contribution in [1.82, 2.24) is 20.2 Å². The summed E-state index contributed by atoms with van der Waals surface area (Å²) in [6.07, 6.45) is 8.79. The molecule has 2 aromatic heterocycles. The number of aryl methyl sites for hydroxylation is 1. The lowest BCUT2D eigenvalue weighted by molar-refractivity contribution is -0.132. The number of hydrogen-bond donors (Lipinski definition) is 1. The average Bonchev–Trinajstić information content (AvgIpc) is 3.00. The molecule has 0 bridgehead atoms. The standard InChI is InChI=1S/C25H26N4O2/c30-24(8-5-19-9-12-26-13-10-19)29-15-14-28-25(31)23(18-29)16-20-3-6-21(7-4-20)22-2-1-11-27-17-22/h1-4,6-7,9-13,17,23H,5,8,14-16,18H2,(H,28,31)/t23-/m0/s1. The highest BCUT2D eigenvalue weighted by Crippen LogP contribution is 2.21. The third-order valence-electron chi connectivity index (χ3n) is 5.65. The lowest BCUT2D eigenvalue weighted by Gasteiger charge is -2.23. The Hall–Kier alpha value is -3.54. The smallest absolute Gasteiger partial charge is 0.225 e. The second-order valence-corrected chi connectivity index (χ2v) is 7.83. The predicted molar refractivity (Wildman–Crippen MR) is 119 cm³/mol. The molecule has 1 fully saturated rings. The van der Waals surface area contributed by atoms with Crippen LogP contribution >= 0.6 is 0 Å². The van der Waals surface area contributed by atoms with Crippen molar-refractivity contribution in [3.63, 3.8) is 0 Å². The average molecular weight is 415 g/mol. The maximum absolute atomic E-state index is 12.8. The van der Waals surface area contributed by atoms with Crippen LogP contribution in [0.5, 0.6) is 0 Å². The second-order valence-electron chi connectivity index (χ2n) is 7.83. The molecule has 1 aliphatic heterocycles. The van der Waals surface area contributed by atoms with Gasteiger partial charge in [-0.25, -0.2) is 0 Å². The molecule has 6 nitrogen and oxygen atoms in total. The van der Waals surface area contributed by atoms with Crippen molar-refractivity contribution in [3.8, 4) is 11.1 Å². The number of nitrogens with zero attached hydrogens (tertiary/aromatic N) is 3. The van der Waals surface area contributed by atoms with E-state index in [1.807, 2.05) is 35.4 Å². The van der Waals surface area contributed by atoms with Gasteiger partial charge in [-0.15, -0.1) is 0 Å². The van der Waals surface area contributed by atoms with Gasteiger partial charge in [-0.05, 0) is 53.3 Å². The molecule has 0 aliphatic carbocycles. The molecule has 0 unspecified atom stereocenters. The minimum absolute atomic E-state index is 0.0146. The van der Waals surface area contributed by atoms with E-state index in [4.69, 9.17) is 0 Å². The van der Waals surface area contributed by atoms with E-state index in [1.54, 1.807) is 18.6 Å². The number of nitrogens with one attached hydrogen (secondary N) is 1. The van der Waals surface area contributed by atoms with Gasteiger partial charge in [0, 0.05) is 50.8 Å². The van der Waals surface area contributed by atoms with Gasteiger partial charge in [0.2, 0.25) is 11.8 Å². The predicted octanol–water partition coefficient (Wildman–Crippen LogP) is 2.89. The van der Waals surface area contributed by atoms with E-state index in [2.05, 4.69) is 39.6 Å². The zero-order valence-corrected chi connectivity index (χ0v) is 17.4. The van der Waals surface area contributed by atoms with Crippen LogP contribution in [-0.2, 0) is 22.4 Å². The monoisotopic (exact) mass is 414 g/mol. The fourth-order valence-electron chi connectivity index (χ4n) is 3.89. The molecule has 0 spiro atoms. The molecule has 3 aromatic rings. The Morgan fingerprint density at radius 1 is 0.968 bits per heavy atom. The molecule has 31 heavy (non-hydrogen) atoms. The summed E-state index contributed by atoms with van der Waals surface area (Å²) in [5.74, 6) is -0.150. The van der Waals surface area contributed by atoms with E-state index >= 15 is 0 Å². The summed E-state index contributed by atoms with van der Waals surface area (Å²) in [4.78, 5) is 35.4. The van der Waals surface area contributed by atoms with Gasteiger partial charge in [-0.3, -0.25) is 19.6 Å². The van der Waals surface area contributed by atoms with Gasteiger partial charge in [0.15, 0.2) is 0 Å². The quantitative estimate of drug-likeness (QED) is 0.673. The van der Waals surface area contributed by atoms with E-state index in [9.17, 15) is 9.59 Å². The Morgan fingerprint density at radius 2 is 1.77 bits per heavy atom. The minimum Gasteiger partial charge on any atom is -0.354 e.